The van der Waals surface area contributed by atoms with Crippen molar-refractivity contribution in [1.82, 2.24) is 5.16 Å². The van der Waals surface area contributed by atoms with Crippen LogP contribution in [0.2, 0.25) is 0 Å². The van der Waals surface area contributed by atoms with Gasteiger partial charge in [0.25, 0.3) is 11.8 Å². The summed E-state index contributed by atoms with van der Waals surface area (Å²) in [5.41, 5.74) is 3.43. The maximum Gasteiger partial charge on any atom is 0.339 e. The predicted molar refractivity (Wildman–Crippen MR) is 131 cm³/mol. The smallest absolute Gasteiger partial charge is 0.339 e. The first-order valence-electron chi connectivity index (χ1n) is 10.9. The molecule has 0 bridgehead atoms. The third kappa shape index (κ3) is 5.62. The molecule has 1 aromatic heterocycles. The molecule has 0 aliphatic heterocycles. The van der Waals surface area contributed by atoms with Crippen molar-refractivity contribution in [1.29, 1.82) is 0 Å². The van der Waals surface area contributed by atoms with Crippen molar-refractivity contribution in [2.75, 3.05) is 23.9 Å². The van der Waals surface area contributed by atoms with E-state index in [0.717, 1.165) is 11.1 Å². The van der Waals surface area contributed by atoms with Gasteiger partial charge in [0.1, 0.15) is 5.69 Å². The average molecular weight is 469 g/mol. The molecule has 4 rings (SSSR count). The summed E-state index contributed by atoms with van der Waals surface area (Å²) in [6, 6.07) is 24.6. The minimum atomic E-state index is -0.788. The van der Waals surface area contributed by atoms with Gasteiger partial charge in [-0.05, 0) is 31.2 Å². The Morgan fingerprint density at radius 2 is 1.57 bits per heavy atom. The highest BCUT2D eigenvalue weighted by atomic mass is 16.5. The zero-order valence-electron chi connectivity index (χ0n) is 19.2. The Bertz CT molecular complexity index is 1350. The van der Waals surface area contributed by atoms with Crippen LogP contribution in [0, 0.1) is 6.92 Å². The molecule has 8 nitrogen and oxygen atoms in total. The number of carbonyl (C=O) groups is 3. The van der Waals surface area contributed by atoms with Gasteiger partial charge < -0.3 is 14.2 Å². The molecule has 0 saturated heterocycles. The van der Waals surface area contributed by atoms with Crippen LogP contribution < -0.4 is 10.2 Å². The monoisotopic (exact) mass is 469 g/mol. The molecule has 3 aromatic carbocycles. The number of hydrogen-bond donors (Lipinski definition) is 1. The van der Waals surface area contributed by atoms with Crippen molar-refractivity contribution in [3.8, 4) is 11.3 Å². The lowest BCUT2D eigenvalue weighted by molar-refractivity contribution is -0.119. The number of aromatic nitrogens is 1. The maximum atomic E-state index is 13.0. The van der Waals surface area contributed by atoms with E-state index >= 15 is 0 Å². The summed E-state index contributed by atoms with van der Waals surface area (Å²) in [4.78, 5) is 39.4. The van der Waals surface area contributed by atoms with Gasteiger partial charge in [0.05, 0.1) is 11.1 Å². The first kappa shape index (κ1) is 23.4. The van der Waals surface area contributed by atoms with Gasteiger partial charge in [-0.25, -0.2) is 4.79 Å². The van der Waals surface area contributed by atoms with Crippen molar-refractivity contribution < 1.29 is 23.6 Å². The van der Waals surface area contributed by atoms with E-state index in [1.54, 1.807) is 43.4 Å². The van der Waals surface area contributed by atoms with E-state index in [9.17, 15) is 14.4 Å². The number of amides is 2. The predicted octanol–water partition coefficient (Wildman–Crippen LogP) is 4.72. The molecule has 0 radical (unpaired) electrons. The van der Waals surface area contributed by atoms with Gasteiger partial charge >= 0.3 is 5.97 Å². The van der Waals surface area contributed by atoms with Crippen LogP contribution in [0.3, 0.4) is 0 Å². The largest absolute Gasteiger partial charge is 0.452 e. The van der Waals surface area contributed by atoms with E-state index in [1.165, 1.54) is 11.0 Å². The Morgan fingerprint density at radius 3 is 2.29 bits per heavy atom. The lowest BCUT2D eigenvalue weighted by Crippen LogP contribution is -2.28. The summed E-state index contributed by atoms with van der Waals surface area (Å²) >= 11 is 0. The van der Waals surface area contributed by atoms with Crippen LogP contribution in [0.25, 0.3) is 11.3 Å². The number of nitrogens with one attached hydrogen (secondary N) is 1. The third-order valence-corrected chi connectivity index (χ3v) is 5.28. The van der Waals surface area contributed by atoms with Crippen molar-refractivity contribution >= 4 is 29.4 Å². The summed E-state index contributed by atoms with van der Waals surface area (Å²) in [6.07, 6.45) is 0. The molecule has 0 atom stereocenters. The van der Waals surface area contributed by atoms with E-state index in [-0.39, 0.29) is 22.9 Å². The number of aryl methyl sites for hydroxylation is 1. The molecule has 0 aliphatic rings. The standard InChI is InChI=1S/C27H23N3O5/c1-18-12-14-19(15-13-18)23-16-25(35-29-23)28-24(31)17-34-27(33)22-11-7-6-10-21(22)26(32)30(2)20-8-4-3-5-9-20/h3-16H,17H2,1-2H3,(H,28,31). The van der Waals surface area contributed by atoms with Crippen molar-refractivity contribution in [3.63, 3.8) is 0 Å². The molecule has 1 heterocycles. The number of carbonyl (C=O) groups excluding carboxylic acids is 3. The Morgan fingerprint density at radius 1 is 0.914 bits per heavy atom. The van der Waals surface area contributed by atoms with Crippen LogP contribution in [0.1, 0.15) is 26.3 Å². The Balaban J connectivity index is 1.38. The number of ether oxygens (including phenoxy) is 1. The maximum absolute atomic E-state index is 13.0. The minimum absolute atomic E-state index is 0.0643. The Kier molecular flexibility index (Phi) is 7.02. The van der Waals surface area contributed by atoms with Crippen molar-refractivity contribution in [2.24, 2.45) is 0 Å². The summed E-state index contributed by atoms with van der Waals surface area (Å²) in [5.74, 6) is -1.64. The van der Waals surface area contributed by atoms with Crippen LogP contribution in [0.4, 0.5) is 11.6 Å². The third-order valence-electron chi connectivity index (χ3n) is 5.28. The Labute approximate surface area is 202 Å². The minimum Gasteiger partial charge on any atom is -0.452 e. The van der Waals surface area contributed by atoms with Gasteiger partial charge in [0, 0.05) is 24.4 Å². The molecule has 0 saturated carbocycles. The van der Waals surface area contributed by atoms with Gasteiger partial charge in [-0.2, -0.15) is 0 Å². The SMILES string of the molecule is Cc1ccc(-c2cc(NC(=O)COC(=O)c3ccccc3C(=O)N(C)c3ccccc3)on2)cc1. The van der Waals surface area contributed by atoms with Gasteiger partial charge in [-0.1, -0.05) is 65.3 Å². The molecule has 0 unspecified atom stereocenters. The Hall–Kier alpha value is -4.72. The molecular weight excluding hydrogens is 446 g/mol. The van der Waals surface area contributed by atoms with E-state index in [4.69, 9.17) is 9.26 Å². The second kappa shape index (κ2) is 10.5. The van der Waals surface area contributed by atoms with Gasteiger partial charge in [-0.3, -0.25) is 14.9 Å². The number of benzene rings is 3. The fourth-order valence-electron chi connectivity index (χ4n) is 3.37. The first-order chi connectivity index (χ1) is 16.9. The summed E-state index contributed by atoms with van der Waals surface area (Å²) in [7, 11) is 1.62. The van der Waals surface area contributed by atoms with Crippen LogP contribution in [-0.4, -0.2) is 36.6 Å². The van der Waals surface area contributed by atoms with Gasteiger partial charge in [0.15, 0.2) is 6.61 Å². The second-order valence-corrected chi connectivity index (χ2v) is 7.81. The lowest BCUT2D eigenvalue weighted by atomic mass is 10.1. The topological polar surface area (TPSA) is 102 Å². The number of hydrogen-bond acceptors (Lipinski definition) is 6. The van der Waals surface area contributed by atoms with Gasteiger partial charge in [0.2, 0.25) is 5.88 Å². The van der Waals surface area contributed by atoms with Crippen LogP contribution in [0.15, 0.2) is 89.5 Å². The molecule has 176 valence electrons. The molecule has 2 amide bonds. The highest BCUT2D eigenvalue weighted by Gasteiger charge is 2.22. The quantitative estimate of drug-likeness (QED) is 0.393. The summed E-state index contributed by atoms with van der Waals surface area (Å²) in [6.45, 7) is 1.42. The van der Waals surface area contributed by atoms with E-state index in [1.807, 2.05) is 49.4 Å². The normalized spacial score (nSPS) is 10.5. The van der Waals surface area contributed by atoms with Crippen molar-refractivity contribution in [2.45, 2.75) is 6.92 Å². The van der Waals surface area contributed by atoms with Crippen LogP contribution in [-0.2, 0) is 9.53 Å². The number of rotatable bonds is 7. The number of para-hydroxylation sites is 1. The van der Waals surface area contributed by atoms with Gasteiger partial charge in [-0.15, -0.1) is 0 Å². The number of esters is 1. The lowest BCUT2D eigenvalue weighted by Gasteiger charge is -2.18. The molecule has 0 spiro atoms. The summed E-state index contributed by atoms with van der Waals surface area (Å²) in [5, 5.41) is 6.45. The zero-order chi connectivity index (χ0) is 24.8. The first-order valence-corrected chi connectivity index (χ1v) is 10.9. The zero-order valence-corrected chi connectivity index (χ0v) is 19.2. The molecular formula is C27H23N3O5. The summed E-state index contributed by atoms with van der Waals surface area (Å²) < 4.78 is 10.3. The van der Waals surface area contributed by atoms with E-state index in [2.05, 4.69) is 10.5 Å². The highest BCUT2D eigenvalue weighted by Crippen LogP contribution is 2.22. The number of nitrogens with zero attached hydrogens (tertiary/aromatic N) is 2. The number of anilines is 2. The molecule has 8 heteroatoms. The molecule has 35 heavy (non-hydrogen) atoms. The molecule has 1 N–H and O–H groups in total. The van der Waals surface area contributed by atoms with E-state index < -0.39 is 18.5 Å². The highest BCUT2D eigenvalue weighted by molar-refractivity contribution is 6.12. The molecule has 0 fully saturated rings. The van der Waals surface area contributed by atoms with E-state index in [0.29, 0.717) is 11.4 Å². The second-order valence-electron chi connectivity index (χ2n) is 7.81. The fraction of sp³-hybridized carbons (Fsp3) is 0.111. The fourth-order valence-corrected chi connectivity index (χ4v) is 3.37. The molecule has 4 aromatic rings. The average Bonchev–Trinajstić information content (AvgIpc) is 3.35. The van der Waals surface area contributed by atoms with Crippen molar-refractivity contribution in [3.05, 3.63) is 102 Å². The molecule has 0 aliphatic carbocycles. The van der Waals surface area contributed by atoms with Crippen LogP contribution in [0.5, 0.6) is 0 Å². The van der Waals surface area contributed by atoms with Crippen LogP contribution >= 0.6 is 0 Å².